The van der Waals surface area contributed by atoms with Gasteiger partial charge in [-0.3, -0.25) is 20.0 Å². The number of rotatable bonds is 0. The molecule has 0 bridgehead atoms. The summed E-state index contributed by atoms with van der Waals surface area (Å²) in [5, 5.41) is 17.5. The summed E-state index contributed by atoms with van der Waals surface area (Å²) in [4.78, 5) is 9.02. The van der Waals surface area contributed by atoms with Gasteiger partial charge in [-0.2, -0.15) is 0 Å². The highest BCUT2D eigenvalue weighted by Crippen LogP contribution is 2.30. The third-order valence-corrected chi connectivity index (χ3v) is 15.9. The van der Waals surface area contributed by atoms with E-state index in [0.717, 1.165) is 23.3 Å². The van der Waals surface area contributed by atoms with E-state index in [9.17, 15) is 0 Å². The van der Waals surface area contributed by atoms with Crippen molar-refractivity contribution in [2.45, 2.75) is 131 Å². The van der Waals surface area contributed by atoms with Crippen molar-refractivity contribution in [3.8, 4) is 0 Å². The average molecular weight is 789 g/mol. The predicted octanol–water partition coefficient (Wildman–Crippen LogP) is 6.38. The quantitative estimate of drug-likeness (QED) is 0.274. The molecule has 12 heteroatoms. The van der Waals surface area contributed by atoms with Crippen LogP contribution >= 0.6 is 0 Å². The average Bonchev–Trinajstić information content (AvgIpc) is 3.32. The highest BCUT2D eigenvalue weighted by Gasteiger charge is 2.36. The molecule has 56 heavy (non-hydrogen) atoms. The van der Waals surface area contributed by atoms with Crippen LogP contribution < -0.4 is 0 Å². The van der Waals surface area contributed by atoms with E-state index in [1.807, 2.05) is 0 Å². The molecule has 0 aromatic heterocycles. The van der Waals surface area contributed by atoms with E-state index in [1.54, 1.807) is 0 Å². The van der Waals surface area contributed by atoms with Crippen LogP contribution in [0.1, 0.15) is 83.1 Å². The Balaban J connectivity index is 0.000000373. The van der Waals surface area contributed by atoms with Crippen molar-refractivity contribution >= 4 is 0 Å². The Hall–Kier alpha value is -2.80. The summed E-state index contributed by atoms with van der Waals surface area (Å²) in [7, 11) is 25.2. The third kappa shape index (κ3) is 10.8. The van der Waals surface area contributed by atoms with Crippen LogP contribution in [-0.2, 0) is 0 Å². The largest absolute Gasteiger partial charge is 0.358 e. The van der Waals surface area contributed by atoms with Crippen LogP contribution in [0.2, 0.25) is 0 Å². The van der Waals surface area contributed by atoms with Crippen molar-refractivity contribution in [1.29, 1.82) is 0 Å². The minimum Gasteiger partial charge on any atom is -0.358 e. The van der Waals surface area contributed by atoms with E-state index in [2.05, 4.69) is 254 Å². The Morgan fingerprint density at radius 2 is 0.375 bits per heavy atom. The molecule has 12 atom stereocenters. The lowest BCUT2D eigenvalue weighted by Gasteiger charge is -2.35. The zero-order valence-corrected chi connectivity index (χ0v) is 41.1. The normalized spacial score (nSPS) is 36.1. The molecule has 0 saturated carbocycles. The Labute approximate surface area is 348 Å². The summed E-state index contributed by atoms with van der Waals surface area (Å²) in [5.74, 6) is 6.79. The van der Waals surface area contributed by atoms with Gasteiger partial charge in [0.25, 0.3) is 0 Å². The lowest BCUT2D eigenvalue weighted by molar-refractivity contribution is 0.0104. The summed E-state index contributed by atoms with van der Waals surface area (Å²) < 4.78 is 0. The first-order chi connectivity index (χ1) is 25.5. The van der Waals surface area contributed by atoms with Gasteiger partial charge in [-0.1, -0.05) is 54.0 Å². The van der Waals surface area contributed by atoms with Crippen LogP contribution in [0.3, 0.4) is 0 Å². The van der Waals surface area contributed by atoms with Gasteiger partial charge in [0.1, 0.15) is 23.3 Å². The number of hydrogen-bond acceptors (Lipinski definition) is 12. The van der Waals surface area contributed by atoms with Crippen molar-refractivity contribution in [1.82, 2.24) is 59.7 Å². The van der Waals surface area contributed by atoms with Crippen molar-refractivity contribution < 1.29 is 0 Å². The van der Waals surface area contributed by atoms with E-state index < -0.39 is 0 Å². The van der Waals surface area contributed by atoms with Crippen LogP contribution in [-0.4, -0.2) is 193 Å². The van der Waals surface area contributed by atoms with E-state index in [4.69, 9.17) is 0 Å². The van der Waals surface area contributed by atoms with Gasteiger partial charge in [-0.25, -0.2) is 20.0 Å². The van der Waals surface area contributed by atoms with Gasteiger partial charge in [0.15, 0.2) is 0 Å². The lowest BCUT2D eigenvalue weighted by Crippen LogP contribution is -2.43. The van der Waals surface area contributed by atoms with Crippen LogP contribution in [0, 0.1) is 23.7 Å². The molecule has 4 aliphatic heterocycles. The Morgan fingerprint density at radius 1 is 0.250 bits per heavy atom. The number of nitrogens with zero attached hydrogens (tertiary/aromatic N) is 12. The van der Waals surface area contributed by atoms with Crippen LogP contribution in [0.5, 0.6) is 0 Å². The van der Waals surface area contributed by atoms with Crippen LogP contribution in [0.25, 0.3) is 0 Å². The molecule has 0 radical (unpaired) electrons. The van der Waals surface area contributed by atoms with Gasteiger partial charge in [-0.15, -0.1) is 0 Å². The molecule has 4 saturated heterocycles. The van der Waals surface area contributed by atoms with Crippen molar-refractivity contribution in [3.63, 3.8) is 0 Å². The van der Waals surface area contributed by atoms with Gasteiger partial charge < -0.3 is 19.6 Å². The van der Waals surface area contributed by atoms with E-state index in [1.165, 1.54) is 0 Å². The predicted molar refractivity (Wildman–Crippen MR) is 242 cm³/mol. The van der Waals surface area contributed by atoms with Gasteiger partial charge in [-0.05, 0) is 79.1 Å². The summed E-state index contributed by atoms with van der Waals surface area (Å²) in [5.41, 5.74) is 0. The molecule has 4 heterocycles. The maximum atomic E-state index is 4.12. The van der Waals surface area contributed by atoms with Gasteiger partial charge >= 0.3 is 0 Å². The number of hydrazine groups is 4. The zero-order valence-electron chi connectivity index (χ0n) is 41.1. The standard InChI is InChI=1S/4C11H23N3/c4*1-8-9(2)12(5)11(4)14(7)13(6)10(8)3/h4*8-10H,4H2,1-3,5-7H3. The first kappa shape index (κ1) is 51.2. The summed E-state index contributed by atoms with van der Waals surface area (Å²) in [6.07, 6.45) is 0. The maximum Gasteiger partial charge on any atom is 0.111 e. The summed E-state index contributed by atoms with van der Waals surface area (Å²) in [6.45, 7) is 43.8. The fourth-order valence-corrected chi connectivity index (χ4v) is 8.06. The van der Waals surface area contributed by atoms with E-state index >= 15 is 0 Å². The minimum atomic E-state index is 0.532. The molecular formula is C44H92N12. The van der Waals surface area contributed by atoms with Gasteiger partial charge in [0, 0.05) is 133 Å². The van der Waals surface area contributed by atoms with E-state index in [0.29, 0.717) is 72.0 Å². The Bertz CT molecular complexity index is 1010. The first-order valence-corrected chi connectivity index (χ1v) is 21.0. The monoisotopic (exact) mass is 789 g/mol. The SMILES string of the molecule is C=C1N(C)C(C)C(C)C(C)N(C)N1C.C=C1N(C)C(C)C(C)C(C)N(C)N1C.C=C1N(C)C(C)C(C)C(C)N(C)N1C.C=C1N(C)C(C)C(C)C(C)N(C)N1C. The van der Waals surface area contributed by atoms with Crippen molar-refractivity contribution in [2.75, 3.05) is 84.6 Å². The lowest BCUT2D eigenvalue weighted by atomic mass is 9.95. The minimum absolute atomic E-state index is 0.532. The first-order valence-electron chi connectivity index (χ1n) is 21.0. The van der Waals surface area contributed by atoms with Crippen LogP contribution in [0.15, 0.2) is 49.6 Å². The smallest absolute Gasteiger partial charge is 0.111 e. The van der Waals surface area contributed by atoms with Crippen LogP contribution in [0.4, 0.5) is 0 Å². The molecule has 0 spiro atoms. The fraction of sp³-hybridized carbons (Fsp3) is 0.818. The molecule has 0 aromatic rings. The molecular weight excluding hydrogens is 697 g/mol. The molecule has 12 nitrogen and oxygen atoms in total. The highest BCUT2D eigenvalue weighted by atomic mass is 15.7. The molecule has 4 fully saturated rings. The van der Waals surface area contributed by atoms with Gasteiger partial charge in [0.2, 0.25) is 0 Å². The second-order valence-corrected chi connectivity index (χ2v) is 17.9. The molecule has 0 aromatic carbocycles. The van der Waals surface area contributed by atoms with Crippen molar-refractivity contribution in [3.05, 3.63) is 49.6 Å². The molecule has 4 aliphatic rings. The second kappa shape index (κ2) is 20.8. The molecule has 0 N–H and O–H groups in total. The number of hydrogen-bond donors (Lipinski definition) is 0. The molecule has 12 unspecified atom stereocenters. The fourth-order valence-electron chi connectivity index (χ4n) is 8.06. The Morgan fingerprint density at radius 3 is 0.500 bits per heavy atom. The molecule has 0 aliphatic carbocycles. The highest BCUT2D eigenvalue weighted by molar-refractivity contribution is 5.01. The van der Waals surface area contributed by atoms with Crippen molar-refractivity contribution in [2.24, 2.45) is 23.7 Å². The Kier molecular flexibility index (Phi) is 19.0. The van der Waals surface area contributed by atoms with Gasteiger partial charge in [0.05, 0.1) is 0 Å². The molecule has 328 valence electrons. The summed E-state index contributed by atoms with van der Waals surface area (Å²) >= 11 is 0. The van der Waals surface area contributed by atoms with E-state index in [-0.39, 0.29) is 0 Å². The molecule has 4 rings (SSSR count). The molecule has 0 amide bonds. The second-order valence-electron chi connectivity index (χ2n) is 17.9. The third-order valence-electron chi connectivity index (χ3n) is 15.9. The summed E-state index contributed by atoms with van der Waals surface area (Å²) in [6, 6.07) is 4.28. The maximum absolute atomic E-state index is 4.12. The zero-order chi connectivity index (χ0) is 44.2. The topological polar surface area (TPSA) is 38.9 Å².